The summed E-state index contributed by atoms with van der Waals surface area (Å²) >= 11 is 0. The van der Waals surface area contributed by atoms with Crippen molar-refractivity contribution in [3.63, 3.8) is 0 Å². The maximum absolute atomic E-state index is 12.6. The average Bonchev–Trinajstić information content (AvgIpc) is 3.27. The highest BCUT2D eigenvalue weighted by atomic mass is 16.2. The van der Waals surface area contributed by atoms with E-state index in [0.29, 0.717) is 6.42 Å². The lowest BCUT2D eigenvalue weighted by Crippen LogP contribution is -2.44. The molecule has 152 valence electrons. The molecule has 2 aliphatic rings. The zero-order chi connectivity index (χ0) is 20.4. The number of imide groups is 1. The Morgan fingerprint density at radius 2 is 1.86 bits per heavy atom. The smallest absolute Gasteiger partial charge is 0.325 e. The summed E-state index contributed by atoms with van der Waals surface area (Å²) in [6, 6.07) is 13.9. The first-order valence-electron chi connectivity index (χ1n) is 10.4. The summed E-state index contributed by atoms with van der Waals surface area (Å²) in [5, 5.41) is 8.20. The Morgan fingerprint density at radius 3 is 2.62 bits per heavy atom. The Kier molecular flexibility index (Phi) is 5.26. The molecule has 1 heterocycles. The fourth-order valence-corrected chi connectivity index (χ4v) is 4.47. The molecule has 1 aliphatic carbocycles. The number of fused-ring (bicyclic) bond motifs is 1. The van der Waals surface area contributed by atoms with Crippen molar-refractivity contribution >= 4 is 28.6 Å². The maximum Gasteiger partial charge on any atom is 0.325 e. The number of nitrogens with one attached hydrogen (secondary N) is 2. The molecule has 4 rings (SSSR count). The third kappa shape index (κ3) is 3.84. The fourth-order valence-electron chi connectivity index (χ4n) is 4.47. The molecule has 0 aromatic heterocycles. The Bertz CT molecular complexity index is 949. The third-order valence-corrected chi connectivity index (χ3v) is 6.14. The van der Waals surface area contributed by atoms with Gasteiger partial charge in [-0.25, -0.2) is 4.79 Å². The zero-order valence-corrected chi connectivity index (χ0v) is 16.7. The van der Waals surface area contributed by atoms with Gasteiger partial charge >= 0.3 is 6.03 Å². The molecule has 1 atom stereocenters. The van der Waals surface area contributed by atoms with Crippen molar-refractivity contribution in [2.75, 3.05) is 6.54 Å². The van der Waals surface area contributed by atoms with Gasteiger partial charge in [-0.05, 0) is 48.6 Å². The Hall–Kier alpha value is -2.89. The third-order valence-electron chi connectivity index (χ3n) is 6.14. The zero-order valence-electron chi connectivity index (χ0n) is 16.7. The van der Waals surface area contributed by atoms with Crippen LogP contribution in [0.3, 0.4) is 0 Å². The predicted molar refractivity (Wildman–Crippen MR) is 111 cm³/mol. The van der Waals surface area contributed by atoms with Gasteiger partial charge < -0.3 is 10.6 Å². The molecule has 6 heteroatoms. The number of urea groups is 1. The minimum atomic E-state index is -0.677. The van der Waals surface area contributed by atoms with Gasteiger partial charge in [0.15, 0.2) is 0 Å². The molecule has 0 bridgehead atoms. The van der Waals surface area contributed by atoms with E-state index in [-0.39, 0.29) is 36.9 Å². The van der Waals surface area contributed by atoms with Gasteiger partial charge in [0.2, 0.25) is 5.91 Å². The number of hydrogen-bond donors (Lipinski definition) is 2. The molecule has 2 aromatic rings. The number of carbonyl (C=O) groups excluding carboxylic acids is 3. The van der Waals surface area contributed by atoms with Crippen molar-refractivity contribution in [1.82, 2.24) is 15.5 Å². The highest BCUT2D eigenvalue weighted by Gasteiger charge is 2.52. The van der Waals surface area contributed by atoms with Crippen molar-refractivity contribution in [2.24, 2.45) is 0 Å². The van der Waals surface area contributed by atoms with E-state index in [9.17, 15) is 14.4 Å². The number of rotatable bonds is 6. The lowest BCUT2D eigenvalue weighted by molar-refractivity contribution is -0.131. The normalized spacial score (nSPS) is 19.0. The van der Waals surface area contributed by atoms with E-state index >= 15 is 0 Å². The second-order valence-electron chi connectivity index (χ2n) is 8.18. The summed E-state index contributed by atoms with van der Waals surface area (Å²) in [6.07, 6.45) is 4.12. The highest BCUT2D eigenvalue weighted by Crippen LogP contribution is 2.35. The predicted octanol–water partition coefficient (Wildman–Crippen LogP) is 3.66. The summed E-state index contributed by atoms with van der Waals surface area (Å²) in [6.45, 7) is 2.24. The number of amides is 4. The van der Waals surface area contributed by atoms with E-state index in [4.69, 9.17) is 0 Å². The number of carbonyl (C=O) groups is 3. The molecule has 1 unspecified atom stereocenters. The molecule has 1 spiro atoms. The van der Waals surface area contributed by atoms with Crippen LogP contribution in [-0.4, -0.2) is 34.8 Å². The van der Waals surface area contributed by atoms with Gasteiger partial charge in [-0.15, -0.1) is 0 Å². The number of hydrogen-bond acceptors (Lipinski definition) is 3. The Balaban J connectivity index is 1.28. The SMILES string of the molecule is CC(NC(=O)CCCN1C(=O)NC2(CCCC2)C1=O)c1ccc2ccccc2c1. The van der Waals surface area contributed by atoms with Gasteiger partial charge in [-0.1, -0.05) is 49.2 Å². The molecule has 1 aliphatic heterocycles. The van der Waals surface area contributed by atoms with E-state index in [0.717, 1.165) is 36.6 Å². The van der Waals surface area contributed by atoms with Crippen LogP contribution >= 0.6 is 0 Å². The van der Waals surface area contributed by atoms with Gasteiger partial charge in [-0.2, -0.15) is 0 Å². The van der Waals surface area contributed by atoms with Crippen molar-refractivity contribution < 1.29 is 14.4 Å². The van der Waals surface area contributed by atoms with Gasteiger partial charge in [0.1, 0.15) is 5.54 Å². The van der Waals surface area contributed by atoms with E-state index < -0.39 is 5.54 Å². The molecular formula is C23H27N3O3. The Morgan fingerprint density at radius 1 is 1.14 bits per heavy atom. The van der Waals surface area contributed by atoms with Crippen LogP contribution < -0.4 is 10.6 Å². The van der Waals surface area contributed by atoms with Gasteiger partial charge in [-0.3, -0.25) is 14.5 Å². The molecule has 29 heavy (non-hydrogen) atoms. The van der Waals surface area contributed by atoms with Crippen molar-refractivity contribution in [1.29, 1.82) is 0 Å². The van der Waals surface area contributed by atoms with Crippen LogP contribution in [0.15, 0.2) is 42.5 Å². The standard InChI is InChI=1S/C23H27N3O3/c1-16(18-11-10-17-7-2-3-8-19(17)15-18)24-20(27)9-6-14-26-21(28)23(25-22(26)29)12-4-5-13-23/h2-3,7-8,10-11,15-16H,4-6,9,12-14H2,1H3,(H,24,27)(H,25,29). The topological polar surface area (TPSA) is 78.5 Å². The Labute approximate surface area is 170 Å². The summed E-state index contributed by atoms with van der Waals surface area (Å²) in [4.78, 5) is 38.5. The van der Waals surface area contributed by atoms with Crippen LogP contribution in [0.25, 0.3) is 10.8 Å². The van der Waals surface area contributed by atoms with Crippen LogP contribution in [0, 0.1) is 0 Å². The maximum atomic E-state index is 12.6. The molecule has 6 nitrogen and oxygen atoms in total. The second kappa shape index (κ2) is 7.85. The molecular weight excluding hydrogens is 366 g/mol. The van der Waals surface area contributed by atoms with Gasteiger partial charge in [0, 0.05) is 13.0 Å². The molecule has 0 radical (unpaired) electrons. The van der Waals surface area contributed by atoms with E-state index in [2.05, 4.69) is 34.9 Å². The van der Waals surface area contributed by atoms with Crippen LogP contribution in [0.2, 0.25) is 0 Å². The largest absolute Gasteiger partial charge is 0.350 e. The summed E-state index contributed by atoms with van der Waals surface area (Å²) in [7, 11) is 0. The first kappa shape index (κ1) is 19.4. The van der Waals surface area contributed by atoms with Crippen LogP contribution in [0.4, 0.5) is 4.79 Å². The number of benzene rings is 2. The molecule has 2 fully saturated rings. The molecule has 1 saturated carbocycles. The van der Waals surface area contributed by atoms with E-state index in [1.807, 2.05) is 25.1 Å². The van der Waals surface area contributed by atoms with Gasteiger partial charge in [0.25, 0.3) is 5.91 Å². The van der Waals surface area contributed by atoms with Crippen LogP contribution in [-0.2, 0) is 9.59 Å². The molecule has 2 N–H and O–H groups in total. The number of nitrogens with zero attached hydrogens (tertiary/aromatic N) is 1. The second-order valence-corrected chi connectivity index (χ2v) is 8.18. The lowest BCUT2D eigenvalue weighted by Gasteiger charge is -2.20. The first-order chi connectivity index (χ1) is 14.0. The van der Waals surface area contributed by atoms with E-state index in [1.165, 1.54) is 10.3 Å². The van der Waals surface area contributed by atoms with Crippen LogP contribution in [0.1, 0.15) is 57.1 Å². The van der Waals surface area contributed by atoms with Crippen molar-refractivity contribution in [2.45, 2.75) is 57.0 Å². The molecule has 4 amide bonds. The van der Waals surface area contributed by atoms with Crippen molar-refractivity contribution in [3.05, 3.63) is 48.0 Å². The van der Waals surface area contributed by atoms with Crippen LogP contribution in [0.5, 0.6) is 0 Å². The molecule has 2 aromatic carbocycles. The summed E-state index contributed by atoms with van der Waals surface area (Å²) < 4.78 is 0. The van der Waals surface area contributed by atoms with Crippen molar-refractivity contribution in [3.8, 4) is 0 Å². The minimum Gasteiger partial charge on any atom is -0.350 e. The van der Waals surface area contributed by atoms with Gasteiger partial charge in [0.05, 0.1) is 6.04 Å². The fraction of sp³-hybridized carbons (Fsp3) is 0.435. The summed E-state index contributed by atoms with van der Waals surface area (Å²) in [5.74, 6) is -0.196. The molecule has 1 saturated heterocycles. The minimum absolute atomic E-state index is 0.0757. The quantitative estimate of drug-likeness (QED) is 0.735. The monoisotopic (exact) mass is 393 g/mol. The average molecular weight is 393 g/mol. The summed E-state index contributed by atoms with van der Waals surface area (Å²) in [5.41, 5.74) is 0.374. The highest BCUT2D eigenvalue weighted by molar-refractivity contribution is 6.07. The lowest BCUT2D eigenvalue weighted by atomic mass is 9.98. The van der Waals surface area contributed by atoms with E-state index in [1.54, 1.807) is 0 Å². The first-order valence-corrected chi connectivity index (χ1v) is 10.4.